The van der Waals surface area contributed by atoms with Crippen molar-refractivity contribution in [3.8, 4) is 0 Å². The molecule has 2 amide bonds. The number of carbonyl (C=O) groups excluding carboxylic acids is 2. The van der Waals surface area contributed by atoms with Crippen molar-refractivity contribution in [2.75, 3.05) is 38.7 Å². The van der Waals surface area contributed by atoms with Crippen molar-refractivity contribution >= 4 is 36.0 Å². The van der Waals surface area contributed by atoms with Gasteiger partial charge in [-0.2, -0.15) is 11.8 Å². The summed E-state index contributed by atoms with van der Waals surface area (Å²) in [5, 5.41) is 6.09. The number of hydrogen-bond acceptors (Lipinski definition) is 4. The van der Waals surface area contributed by atoms with Gasteiger partial charge in [-0.1, -0.05) is 0 Å². The van der Waals surface area contributed by atoms with Gasteiger partial charge >= 0.3 is 0 Å². The van der Waals surface area contributed by atoms with E-state index in [9.17, 15) is 9.59 Å². The number of nitrogens with one attached hydrogen (secondary N) is 2. The molecule has 106 valence electrons. The number of hydrogen-bond donors (Lipinski definition) is 2. The van der Waals surface area contributed by atoms with E-state index in [2.05, 4.69) is 10.6 Å². The van der Waals surface area contributed by atoms with Gasteiger partial charge in [-0.25, -0.2) is 0 Å². The van der Waals surface area contributed by atoms with Gasteiger partial charge in [0, 0.05) is 57.6 Å². The van der Waals surface area contributed by atoms with Gasteiger partial charge in [0.15, 0.2) is 0 Å². The van der Waals surface area contributed by atoms with Crippen molar-refractivity contribution in [2.45, 2.75) is 18.9 Å². The van der Waals surface area contributed by atoms with Crippen LogP contribution in [0.4, 0.5) is 0 Å². The van der Waals surface area contributed by atoms with Crippen molar-refractivity contribution in [1.29, 1.82) is 0 Å². The van der Waals surface area contributed by atoms with Crippen molar-refractivity contribution in [3.05, 3.63) is 0 Å². The van der Waals surface area contributed by atoms with E-state index in [4.69, 9.17) is 0 Å². The summed E-state index contributed by atoms with van der Waals surface area (Å²) in [6.45, 7) is 1.40. The molecule has 2 N–H and O–H groups in total. The Balaban J connectivity index is 0.00000289. The fourth-order valence-corrected chi connectivity index (χ4v) is 2.53. The Morgan fingerprint density at radius 1 is 1.44 bits per heavy atom. The standard InChI is InChI=1S/C11H21N3O2S.ClH/c1-14(2)11(16)3-4-13-10(15)7-9-8-17-6-5-12-9;/h9,12H,3-8H2,1-2H3,(H,13,15);1H. The summed E-state index contributed by atoms with van der Waals surface area (Å²) in [5.41, 5.74) is 0. The zero-order valence-electron chi connectivity index (χ0n) is 10.9. The fraction of sp³-hybridized carbons (Fsp3) is 0.818. The average Bonchev–Trinajstić information content (AvgIpc) is 2.30. The molecule has 1 aliphatic heterocycles. The smallest absolute Gasteiger partial charge is 0.223 e. The molecule has 1 heterocycles. The van der Waals surface area contributed by atoms with Crippen LogP contribution in [0.2, 0.25) is 0 Å². The number of carbonyl (C=O) groups is 2. The Morgan fingerprint density at radius 3 is 2.72 bits per heavy atom. The molecule has 1 rings (SSSR count). The molecule has 1 atom stereocenters. The van der Waals surface area contributed by atoms with Crippen LogP contribution in [0.3, 0.4) is 0 Å². The maximum absolute atomic E-state index is 11.6. The second kappa shape index (κ2) is 9.47. The Bertz CT molecular complexity index is 271. The summed E-state index contributed by atoms with van der Waals surface area (Å²) in [6, 6.07) is 0.276. The van der Waals surface area contributed by atoms with Crippen molar-refractivity contribution in [2.24, 2.45) is 0 Å². The highest BCUT2D eigenvalue weighted by Gasteiger charge is 2.16. The molecule has 0 aromatic carbocycles. The molecule has 0 saturated carbocycles. The maximum atomic E-state index is 11.6. The molecule has 1 saturated heterocycles. The van der Waals surface area contributed by atoms with Gasteiger partial charge in [-0.05, 0) is 0 Å². The first kappa shape index (κ1) is 17.5. The molecular weight excluding hydrogens is 274 g/mol. The number of halogens is 1. The van der Waals surface area contributed by atoms with E-state index < -0.39 is 0 Å². The number of thioether (sulfide) groups is 1. The van der Waals surface area contributed by atoms with Gasteiger partial charge in [-0.15, -0.1) is 12.4 Å². The van der Waals surface area contributed by atoms with Gasteiger partial charge in [0.25, 0.3) is 0 Å². The first-order valence-electron chi connectivity index (χ1n) is 5.87. The molecule has 0 spiro atoms. The minimum Gasteiger partial charge on any atom is -0.356 e. The molecule has 1 aliphatic rings. The van der Waals surface area contributed by atoms with E-state index in [1.165, 1.54) is 4.90 Å². The lowest BCUT2D eigenvalue weighted by atomic mass is 10.2. The normalized spacial score (nSPS) is 18.7. The molecular formula is C11H22ClN3O2S. The Labute approximate surface area is 119 Å². The summed E-state index contributed by atoms with van der Waals surface area (Å²) in [7, 11) is 3.43. The van der Waals surface area contributed by atoms with Crippen LogP contribution in [-0.4, -0.2) is 61.4 Å². The highest BCUT2D eigenvalue weighted by Crippen LogP contribution is 2.09. The number of amides is 2. The minimum atomic E-state index is 0. The first-order valence-corrected chi connectivity index (χ1v) is 7.03. The highest BCUT2D eigenvalue weighted by molar-refractivity contribution is 7.99. The van der Waals surface area contributed by atoms with Crippen LogP contribution in [0.15, 0.2) is 0 Å². The Hall–Kier alpha value is -0.460. The predicted octanol–water partition coefficient (Wildman–Crippen LogP) is 0.0978. The maximum Gasteiger partial charge on any atom is 0.223 e. The van der Waals surface area contributed by atoms with Crippen molar-refractivity contribution in [3.63, 3.8) is 0 Å². The highest BCUT2D eigenvalue weighted by atomic mass is 35.5. The summed E-state index contributed by atoms with van der Waals surface area (Å²) >= 11 is 1.87. The third kappa shape index (κ3) is 7.08. The second-order valence-corrected chi connectivity index (χ2v) is 5.47. The topological polar surface area (TPSA) is 61.4 Å². The van der Waals surface area contributed by atoms with Gasteiger partial charge in [-0.3, -0.25) is 9.59 Å². The van der Waals surface area contributed by atoms with E-state index in [1.807, 2.05) is 11.8 Å². The third-order valence-electron chi connectivity index (χ3n) is 2.59. The molecule has 18 heavy (non-hydrogen) atoms. The van der Waals surface area contributed by atoms with Crippen LogP contribution in [0.25, 0.3) is 0 Å². The lowest BCUT2D eigenvalue weighted by molar-refractivity contribution is -0.128. The Morgan fingerprint density at radius 2 is 2.17 bits per heavy atom. The number of nitrogens with zero attached hydrogens (tertiary/aromatic N) is 1. The fourth-order valence-electron chi connectivity index (χ4n) is 1.58. The van der Waals surface area contributed by atoms with Crippen molar-refractivity contribution in [1.82, 2.24) is 15.5 Å². The van der Waals surface area contributed by atoms with E-state index in [0.29, 0.717) is 19.4 Å². The van der Waals surface area contributed by atoms with Gasteiger partial charge < -0.3 is 15.5 Å². The van der Waals surface area contributed by atoms with Gasteiger partial charge in [0.2, 0.25) is 11.8 Å². The predicted molar refractivity (Wildman–Crippen MR) is 77.3 cm³/mol. The van der Waals surface area contributed by atoms with Gasteiger partial charge in [0.1, 0.15) is 0 Å². The molecule has 0 aromatic rings. The first-order chi connectivity index (χ1) is 8.09. The van der Waals surface area contributed by atoms with Crippen LogP contribution < -0.4 is 10.6 Å². The molecule has 7 heteroatoms. The summed E-state index contributed by atoms with van der Waals surface area (Å²) in [4.78, 5) is 24.4. The van der Waals surface area contributed by atoms with E-state index in [1.54, 1.807) is 14.1 Å². The number of rotatable bonds is 5. The lowest BCUT2D eigenvalue weighted by Crippen LogP contribution is -2.41. The quantitative estimate of drug-likeness (QED) is 0.755. The molecule has 0 aromatic heterocycles. The molecule has 1 fully saturated rings. The van der Waals surface area contributed by atoms with Crippen LogP contribution in [-0.2, 0) is 9.59 Å². The SMILES string of the molecule is CN(C)C(=O)CCNC(=O)CC1CSCCN1.Cl. The van der Waals surface area contributed by atoms with E-state index in [0.717, 1.165) is 18.1 Å². The van der Waals surface area contributed by atoms with Crippen LogP contribution in [0.5, 0.6) is 0 Å². The van der Waals surface area contributed by atoms with Crippen LogP contribution in [0.1, 0.15) is 12.8 Å². The lowest BCUT2D eigenvalue weighted by Gasteiger charge is -2.22. The van der Waals surface area contributed by atoms with Crippen LogP contribution in [0, 0.1) is 0 Å². The van der Waals surface area contributed by atoms with Crippen LogP contribution >= 0.6 is 24.2 Å². The van der Waals surface area contributed by atoms with Gasteiger partial charge in [0.05, 0.1) is 0 Å². The second-order valence-electron chi connectivity index (χ2n) is 4.32. The minimum absolute atomic E-state index is 0. The molecule has 0 aliphatic carbocycles. The monoisotopic (exact) mass is 295 g/mol. The Kier molecular flexibility index (Phi) is 9.23. The zero-order valence-corrected chi connectivity index (χ0v) is 12.5. The van der Waals surface area contributed by atoms with Crippen molar-refractivity contribution < 1.29 is 9.59 Å². The summed E-state index contributed by atoms with van der Waals surface area (Å²) in [5.74, 6) is 2.17. The van der Waals surface area contributed by atoms with E-state index >= 15 is 0 Å². The average molecular weight is 296 g/mol. The third-order valence-corrected chi connectivity index (χ3v) is 3.72. The zero-order chi connectivity index (χ0) is 12.7. The molecule has 0 radical (unpaired) electrons. The molecule has 5 nitrogen and oxygen atoms in total. The largest absolute Gasteiger partial charge is 0.356 e. The molecule has 1 unspecified atom stereocenters. The van der Waals surface area contributed by atoms with E-state index in [-0.39, 0.29) is 30.3 Å². The molecule has 0 bridgehead atoms. The summed E-state index contributed by atoms with van der Waals surface area (Å²) in [6.07, 6.45) is 0.870. The summed E-state index contributed by atoms with van der Waals surface area (Å²) < 4.78 is 0.